The second kappa shape index (κ2) is 10.4. The SMILES string of the molecule is Cc1cc(-c2nc(-c3ccc4c(c3)CCC4NC3CC(C(=O)O)C3)no2)ccc1-c1ccccc1C#N.Cl. The highest BCUT2D eigenvalue weighted by Gasteiger charge is 2.36. The number of nitriles is 1. The highest BCUT2D eigenvalue weighted by Crippen LogP contribution is 2.37. The molecular weight excluding hydrogens is 500 g/mol. The first-order chi connectivity index (χ1) is 18.0. The molecule has 3 aromatic carbocycles. The van der Waals surface area contributed by atoms with Crippen molar-refractivity contribution in [3.05, 3.63) is 82.9 Å². The molecule has 2 N–H and O–H groups in total. The highest BCUT2D eigenvalue weighted by molar-refractivity contribution is 5.85. The summed E-state index contributed by atoms with van der Waals surface area (Å²) < 4.78 is 5.62. The largest absolute Gasteiger partial charge is 0.481 e. The number of halogens is 1. The summed E-state index contributed by atoms with van der Waals surface area (Å²) >= 11 is 0. The molecule has 1 aromatic heterocycles. The van der Waals surface area contributed by atoms with Crippen LogP contribution in [0.1, 0.15) is 47.6 Å². The number of aromatic nitrogens is 2. The predicted molar refractivity (Wildman–Crippen MR) is 146 cm³/mol. The number of fused-ring (bicyclic) bond motifs is 1. The third-order valence-corrected chi connectivity index (χ3v) is 7.64. The van der Waals surface area contributed by atoms with Crippen LogP contribution >= 0.6 is 12.4 Å². The van der Waals surface area contributed by atoms with Crippen molar-refractivity contribution in [2.75, 3.05) is 0 Å². The van der Waals surface area contributed by atoms with Crippen LogP contribution in [0, 0.1) is 24.2 Å². The lowest BCUT2D eigenvalue weighted by atomic mass is 9.80. The first kappa shape index (κ1) is 25.7. The van der Waals surface area contributed by atoms with E-state index in [0.717, 1.165) is 40.7 Å². The normalized spacial score (nSPS) is 19.6. The van der Waals surface area contributed by atoms with Gasteiger partial charge < -0.3 is 14.9 Å². The summed E-state index contributed by atoms with van der Waals surface area (Å²) in [5.41, 5.74) is 7.87. The monoisotopic (exact) mass is 526 g/mol. The maximum Gasteiger partial charge on any atom is 0.306 e. The van der Waals surface area contributed by atoms with E-state index in [2.05, 4.69) is 33.7 Å². The van der Waals surface area contributed by atoms with Crippen molar-refractivity contribution in [2.45, 2.75) is 44.7 Å². The zero-order valence-electron chi connectivity index (χ0n) is 20.8. The molecule has 1 fully saturated rings. The number of carbonyl (C=O) groups is 1. The van der Waals surface area contributed by atoms with E-state index in [1.807, 2.05) is 55.5 Å². The fraction of sp³-hybridized carbons (Fsp3) is 0.267. The lowest BCUT2D eigenvalue weighted by Crippen LogP contribution is -2.45. The number of benzene rings is 3. The Hall–Kier alpha value is -3.99. The zero-order chi connectivity index (χ0) is 25.5. The van der Waals surface area contributed by atoms with Crippen molar-refractivity contribution < 1.29 is 14.4 Å². The standard InChI is InChI=1S/C30H26N4O3.ClH/c1-17-12-20(7-9-24(17)25-5-3-2-4-21(25)16-31)29-33-28(34-37-29)19-6-10-26-18(13-19)8-11-27(26)32-23-14-22(15-23)30(35)36;/h2-7,9-10,12-13,22-23,27,32H,8,11,14-15H2,1H3,(H,35,36);1H. The smallest absolute Gasteiger partial charge is 0.306 e. The number of carboxylic acid groups (broad SMARTS) is 1. The summed E-state index contributed by atoms with van der Waals surface area (Å²) in [5.74, 6) is 0.108. The predicted octanol–water partition coefficient (Wildman–Crippen LogP) is 6.11. The van der Waals surface area contributed by atoms with E-state index in [-0.39, 0.29) is 30.4 Å². The summed E-state index contributed by atoms with van der Waals surface area (Å²) in [5, 5.41) is 26.5. The summed E-state index contributed by atoms with van der Waals surface area (Å²) in [6, 6.07) is 22.6. The molecule has 0 bridgehead atoms. The fourth-order valence-electron chi connectivity index (χ4n) is 5.54. The average Bonchev–Trinajstić information content (AvgIpc) is 3.53. The van der Waals surface area contributed by atoms with Gasteiger partial charge >= 0.3 is 5.97 Å². The Balaban J connectivity index is 0.00000294. The van der Waals surface area contributed by atoms with E-state index in [1.165, 1.54) is 11.1 Å². The Morgan fingerprint density at radius 2 is 1.87 bits per heavy atom. The fourth-order valence-corrected chi connectivity index (χ4v) is 5.54. The van der Waals surface area contributed by atoms with E-state index in [9.17, 15) is 10.1 Å². The van der Waals surface area contributed by atoms with Gasteiger partial charge in [-0.2, -0.15) is 10.2 Å². The third-order valence-electron chi connectivity index (χ3n) is 7.64. The number of aliphatic carboxylic acids is 1. The lowest BCUT2D eigenvalue weighted by Gasteiger charge is -2.35. The molecular formula is C30H27ClN4O3. The molecule has 1 heterocycles. The van der Waals surface area contributed by atoms with E-state index in [1.54, 1.807) is 0 Å². The van der Waals surface area contributed by atoms with Gasteiger partial charge in [0.05, 0.1) is 17.6 Å². The van der Waals surface area contributed by atoms with Crippen LogP contribution in [0.25, 0.3) is 34.0 Å². The van der Waals surface area contributed by atoms with Crippen LogP contribution in [0.5, 0.6) is 0 Å². The topological polar surface area (TPSA) is 112 Å². The van der Waals surface area contributed by atoms with Gasteiger partial charge in [-0.25, -0.2) is 0 Å². The second-order valence-electron chi connectivity index (χ2n) is 9.99. The van der Waals surface area contributed by atoms with Crippen LogP contribution < -0.4 is 5.32 Å². The number of hydrogen-bond donors (Lipinski definition) is 2. The minimum atomic E-state index is -0.690. The van der Waals surface area contributed by atoms with Gasteiger partial charge in [-0.1, -0.05) is 41.6 Å². The van der Waals surface area contributed by atoms with E-state index in [0.29, 0.717) is 30.1 Å². The Bertz CT molecular complexity index is 1550. The van der Waals surface area contributed by atoms with Gasteiger partial charge in [0.25, 0.3) is 5.89 Å². The molecule has 1 saturated carbocycles. The number of nitrogens with zero attached hydrogens (tertiary/aromatic N) is 3. The van der Waals surface area contributed by atoms with Crippen LogP contribution in [-0.4, -0.2) is 27.3 Å². The Labute approximate surface area is 226 Å². The van der Waals surface area contributed by atoms with Crippen molar-refractivity contribution >= 4 is 18.4 Å². The Morgan fingerprint density at radius 1 is 1.08 bits per heavy atom. The van der Waals surface area contributed by atoms with E-state index < -0.39 is 5.97 Å². The molecule has 1 unspecified atom stereocenters. The molecule has 1 atom stereocenters. The van der Waals surface area contributed by atoms with Gasteiger partial charge in [-0.3, -0.25) is 4.79 Å². The van der Waals surface area contributed by atoms with Crippen molar-refractivity contribution in [2.24, 2.45) is 5.92 Å². The second-order valence-corrected chi connectivity index (χ2v) is 9.99. The molecule has 0 saturated heterocycles. The molecule has 8 heteroatoms. The molecule has 7 nitrogen and oxygen atoms in total. The van der Waals surface area contributed by atoms with Gasteiger partial charge in [0.2, 0.25) is 5.82 Å². The number of aryl methyl sites for hydroxylation is 2. The van der Waals surface area contributed by atoms with Crippen LogP contribution in [0.15, 0.2) is 65.2 Å². The minimum Gasteiger partial charge on any atom is -0.481 e. The quantitative estimate of drug-likeness (QED) is 0.311. The van der Waals surface area contributed by atoms with E-state index >= 15 is 0 Å². The molecule has 0 radical (unpaired) electrons. The molecule has 0 amide bonds. The van der Waals surface area contributed by atoms with Gasteiger partial charge in [0.1, 0.15) is 0 Å². The van der Waals surface area contributed by atoms with Crippen LogP contribution in [0.4, 0.5) is 0 Å². The first-order valence-electron chi connectivity index (χ1n) is 12.6. The molecule has 4 aromatic rings. The van der Waals surface area contributed by atoms with Crippen molar-refractivity contribution in [1.29, 1.82) is 5.26 Å². The van der Waals surface area contributed by atoms with Crippen LogP contribution in [0.2, 0.25) is 0 Å². The first-order valence-corrected chi connectivity index (χ1v) is 12.6. The van der Waals surface area contributed by atoms with Gasteiger partial charge in [-0.15, -0.1) is 12.4 Å². The van der Waals surface area contributed by atoms with Gasteiger partial charge in [-0.05, 0) is 84.7 Å². The number of carboxylic acids is 1. The molecule has 192 valence electrons. The molecule has 2 aliphatic carbocycles. The third kappa shape index (κ3) is 4.69. The maximum atomic E-state index is 11.1. The number of hydrogen-bond acceptors (Lipinski definition) is 6. The van der Waals surface area contributed by atoms with E-state index in [4.69, 9.17) is 9.63 Å². The van der Waals surface area contributed by atoms with Gasteiger partial charge in [0, 0.05) is 23.2 Å². The zero-order valence-corrected chi connectivity index (χ0v) is 21.7. The van der Waals surface area contributed by atoms with Crippen LogP contribution in [0.3, 0.4) is 0 Å². The summed E-state index contributed by atoms with van der Waals surface area (Å²) in [7, 11) is 0. The van der Waals surface area contributed by atoms with Gasteiger partial charge in [0.15, 0.2) is 0 Å². The van der Waals surface area contributed by atoms with Crippen molar-refractivity contribution in [1.82, 2.24) is 15.5 Å². The minimum absolute atomic E-state index is 0. The molecule has 0 spiro atoms. The number of rotatable bonds is 6. The van der Waals surface area contributed by atoms with Crippen molar-refractivity contribution in [3.63, 3.8) is 0 Å². The maximum absolute atomic E-state index is 11.1. The van der Waals surface area contributed by atoms with Crippen molar-refractivity contribution in [3.8, 4) is 40.0 Å². The highest BCUT2D eigenvalue weighted by atomic mass is 35.5. The molecule has 0 aliphatic heterocycles. The average molecular weight is 527 g/mol. The summed E-state index contributed by atoms with van der Waals surface area (Å²) in [6.07, 6.45) is 3.38. The Kier molecular flexibility index (Phi) is 7.02. The summed E-state index contributed by atoms with van der Waals surface area (Å²) in [4.78, 5) is 15.8. The molecule has 38 heavy (non-hydrogen) atoms. The number of nitrogens with one attached hydrogen (secondary N) is 1. The summed E-state index contributed by atoms with van der Waals surface area (Å²) in [6.45, 7) is 2.01. The lowest BCUT2D eigenvalue weighted by molar-refractivity contribution is -0.145. The molecule has 2 aliphatic rings. The molecule has 6 rings (SSSR count). The van der Waals surface area contributed by atoms with Crippen LogP contribution in [-0.2, 0) is 11.2 Å². The Morgan fingerprint density at radius 3 is 2.63 bits per heavy atom.